The summed E-state index contributed by atoms with van der Waals surface area (Å²) in [6.07, 6.45) is 2.13. The molecule has 0 heterocycles. The minimum absolute atomic E-state index is 0. The first-order valence-corrected chi connectivity index (χ1v) is 4.84. The summed E-state index contributed by atoms with van der Waals surface area (Å²) >= 11 is 0. The molecule has 0 N–H and O–H groups in total. The molecule has 0 radical (unpaired) electrons. The quantitative estimate of drug-likeness (QED) is 0.435. The van der Waals surface area contributed by atoms with Gasteiger partial charge in [-0.1, -0.05) is 30.3 Å². The van der Waals surface area contributed by atoms with E-state index >= 15 is 0 Å². The van der Waals surface area contributed by atoms with Crippen LogP contribution in [0.25, 0.3) is 0 Å². The first-order chi connectivity index (χ1) is 6.33. The first kappa shape index (κ1) is 13.8. The molecular weight excluding hydrogens is 165 g/mol. The molecule has 0 unspecified atom stereocenters. The van der Waals surface area contributed by atoms with Gasteiger partial charge in [0.25, 0.3) is 0 Å². The van der Waals surface area contributed by atoms with Gasteiger partial charge in [0.15, 0.2) is 0 Å². The zero-order chi connectivity index (χ0) is 9.52. The minimum Gasteiger partial charge on any atom is -0.342 e. The van der Waals surface area contributed by atoms with Gasteiger partial charge in [-0.2, -0.15) is 6.42 Å². The van der Waals surface area contributed by atoms with Crippen LogP contribution < -0.4 is 18.9 Å². The first-order valence-electron chi connectivity index (χ1n) is 4.84. The van der Waals surface area contributed by atoms with Crippen LogP contribution in [0.15, 0.2) is 30.3 Å². The number of hydrogen-bond donors (Lipinski definition) is 0. The molecule has 1 aromatic carbocycles. The normalized spacial score (nSPS) is 9.93. The Labute approximate surface area is 99.7 Å². The Morgan fingerprint density at radius 2 is 1.79 bits per heavy atom. The van der Waals surface area contributed by atoms with Crippen molar-refractivity contribution >= 4 is 0 Å². The third kappa shape index (κ3) is 5.50. The van der Waals surface area contributed by atoms with Crippen molar-refractivity contribution in [2.24, 2.45) is 0 Å². The van der Waals surface area contributed by atoms with Gasteiger partial charge in [-0.3, -0.25) is 0 Å². The number of benzene rings is 1. The van der Waals surface area contributed by atoms with E-state index in [1.807, 2.05) is 0 Å². The molecule has 0 aliphatic carbocycles. The molecular formula is C12H18LiN. The van der Waals surface area contributed by atoms with E-state index in [9.17, 15) is 0 Å². The fourth-order valence-corrected chi connectivity index (χ4v) is 1.35. The summed E-state index contributed by atoms with van der Waals surface area (Å²) in [5, 5.41) is 0. The number of nitrogens with zero attached hydrogens (tertiary/aromatic N) is 1. The van der Waals surface area contributed by atoms with Gasteiger partial charge in [-0.25, -0.2) is 0 Å². The van der Waals surface area contributed by atoms with Gasteiger partial charge in [0, 0.05) is 6.54 Å². The van der Waals surface area contributed by atoms with Crippen molar-refractivity contribution < 1.29 is 18.9 Å². The van der Waals surface area contributed by atoms with E-state index in [0.29, 0.717) is 0 Å². The molecule has 0 saturated carbocycles. The van der Waals surface area contributed by atoms with E-state index in [1.165, 1.54) is 5.56 Å². The summed E-state index contributed by atoms with van der Waals surface area (Å²) in [6.45, 7) is 6.05. The van der Waals surface area contributed by atoms with Gasteiger partial charge in [-0.15, -0.1) is 0 Å². The van der Waals surface area contributed by atoms with Crippen LogP contribution in [0, 0.1) is 6.92 Å². The van der Waals surface area contributed by atoms with Gasteiger partial charge in [-0.05, 0) is 25.6 Å². The van der Waals surface area contributed by atoms with E-state index in [-0.39, 0.29) is 18.9 Å². The minimum atomic E-state index is 0. The molecule has 0 bridgehead atoms. The van der Waals surface area contributed by atoms with Gasteiger partial charge in [0.1, 0.15) is 0 Å². The Bertz CT molecular complexity index is 223. The second-order valence-corrected chi connectivity index (χ2v) is 3.39. The Morgan fingerprint density at radius 1 is 1.14 bits per heavy atom. The fraction of sp³-hybridized carbons (Fsp3) is 0.417. The van der Waals surface area contributed by atoms with Crippen LogP contribution in [-0.4, -0.2) is 25.0 Å². The van der Waals surface area contributed by atoms with Gasteiger partial charge in [0.2, 0.25) is 0 Å². The predicted molar refractivity (Wildman–Crippen MR) is 57.6 cm³/mol. The third-order valence-electron chi connectivity index (χ3n) is 2.16. The largest absolute Gasteiger partial charge is 1.00 e. The summed E-state index contributed by atoms with van der Waals surface area (Å²) in [5.41, 5.74) is 1.42. The van der Waals surface area contributed by atoms with Crippen LogP contribution in [0.1, 0.15) is 12.0 Å². The molecule has 1 aromatic rings. The van der Waals surface area contributed by atoms with Gasteiger partial charge in [0.05, 0.1) is 0 Å². The maximum absolute atomic E-state index is 3.84. The zero-order valence-electron chi connectivity index (χ0n) is 9.37. The van der Waals surface area contributed by atoms with Crippen LogP contribution in [0.4, 0.5) is 0 Å². The predicted octanol–water partition coefficient (Wildman–Crippen LogP) is -0.611. The summed E-state index contributed by atoms with van der Waals surface area (Å²) in [5.74, 6) is 0. The molecule has 0 aliphatic rings. The maximum Gasteiger partial charge on any atom is 1.00 e. The average Bonchev–Trinajstić information content (AvgIpc) is 2.17. The van der Waals surface area contributed by atoms with Gasteiger partial charge >= 0.3 is 18.9 Å². The van der Waals surface area contributed by atoms with E-state index in [1.54, 1.807) is 0 Å². The van der Waals surface area contributed by atoms with Crippen LogP contribution >= 0.6 is 0 Å². The van der Waals surface area contributed by atoms with E-state index in [0.717, 1.165) is 25.9 Å². The second kappa shape index (κ2) is 8.12. The molecule has 0 fully saturated rings. The molecule has 72 valence electrons. The maximum atomic E-state index is 3.84. The standard InChI is InChI=1S/C12H18N.Li/c1-3-10-13(2)11-9-12-7-5-4-6-8-12;/h4-8H,1,3,9-11H2,2H3;/q-1;+1. The monoisotopic (exact) mass is 183 g/mol. The van der Waals surface area contributed by atoms with Crippen LogP contribution in [-0.2, 0) is 6.42 Å². The summed E-state index contributed by atoms with van der Waals surface area (Å²) in [6, 6.07) is 10.6. The summed E-state index contributed by atoms with van der Waals surface area (Å²) < 4.78 is 0. The molecule has 0 spiro atoms. The summed E-state index contributed by atoms with van der Waals surface area (Å²) in [4.78, 5) is 2.32. The Kier molecular flexibility index (Phi) is 7.99. The van der Waals surface area contributed by atoms with E-state index in [2.05, 4.69) is 49.2 Å². The molecule has 0 aliphatic heterocycles. The molecule has 0 aromatic heterocycles. The Balaban J connectivity index is 0.00000169. The van der Waals surface area contributed by atoms with Crippen molar-refractivity contribution in [3.05, 3.63) is 42.8 Å². The number of rotatable bonds is 5. The van der Waals surface area contributed by atoms with E-state index < -0.39 is 0 Å². The topological polar surface area (TPSA) is 3.24 Å². The summed E-state index contributed by atoms with van der Waals surface area (Å²) in [7, 11) is 2.15. The van der Waals surface area contributed by atoms with Crippen molar-refractivity contribution in [1.82, 2.24) is 4.90 Å². The van der Waals surface area contributed by atoms with E-state index in [4.69, 9.17) is 0 Å². The molecule has 1 rings (SSSR count). The molecule has 0 saturated heterocycles. The van der Waals surface area contributed by atoms with Crippen molar-refractivity contribution in [2.75, 3.05) is 20.1 Å². The number of hydrogen-bond acceptors (Lipinski definition) is 1. The second-order valence-electron chi connectivity index (χ2n) is 3.39. The Hall–Kier alpha value is -0.223. The van der Waals surface area contributed by atoms with Crippen LogP contribution in [0.5, 0.6) is 0 Å². The Morgan fingerprint density at radius 3 is 2.36 bits per heavy atom. The zero-order valence-corrected chi connectivity index (χ0v) is 9.37. The van der Waals surface area contributed by atoms with Crippen molar-refractivity contribution in [3.63, 3.8) is 0 Å². The molecule has 14 heavy (non-hydrogen) atoms. The average molecular weight is 183 g/mol. The van der Waals surface area contributed by atoms with Gasteiger partial charge < -0.3 is 11.8 Å². The number of likely N-dealkylation sites (N-methyl/N-ethyl adjacent to an activating group) is 1. The van der Waals surface area contributed by atoms with Crippen molar-refractivity contribution in [3.8, 4) is 0 Å². The SMILES string of the molecule is [CH2-]CCN(C)CCc1ccccc1.[Li+]. The molecule has 2 heteroatoms. The molecule has 1 nitrogen and oxygen atoms in total. The third-order valence-corrected chi connectivity index (χ3v) is 2.16. The molecule has 0 amide bonds. The van der Waals surface area contributed by atoms with Crippen LogP contribution in [0.3, 0.4) is 0 Å². The molecule has 0 atom stereocenters. The fourth-order valence-electron chi connectivity index (χ4n) is 1.35. The smallest absolute Gasteiger partial charge is 0.342 e. The van der Waals surface area contributed by atoms with Crippen molar-refractivity contribution in [1.29, 1.82) is 0 Å². The van der Waals surface area contributed by atoms with Crippen molar-refractivity contribution in [2.45, 2.75) is 12.8 Å². The van der Waals surface area contributed by atoms with Crippen LogP contribution in [0.2, 0.25) is 0 Å².